The van der Waals surface area contributed by atoms with Crippen molar-refractivity contribution in [3.63, 3.8) is 0 Å². The monoisotopic (exact) mass is 500 g/mol. The second kappa shape index (κ2) is 11.6. The minimum atomic E-state index is -4.68. The summed E-state index contributed by atoms with van der Waals surface area (Å²) in [6, 6.07) is 5.63. The summed E-state index contributed by atoms with van der Waals surface area (Å²) >= 11 is 0. The Bertz CT molecular complexity index is 573. The molecule has 1 heterocycles. The van der Waals surface area contributed by atoms with Crippen LogP contribution in [0.25, 0.3) is 0 Å². The van der Waals surface area contributed by atoms with Gasteiger partial charge < -0.3 is 20.7 Å². The molecule has 1 fully saturated rings. The normalized spacial score (nSPS) is 16.7. The molecule has 0 aromatic heterocycles. The molecular formula is C18H28F3IN4O. The van der Waals surface area contributed by atoms with E-state index in [1.807, 2.05) is 0 Å². The number of piperidine rings is 1. The van der Waals surface area contributed by atoms with Crippen molar-refractivity contribution in [3.05, 3.63) is 29.8 Å². The van der Waals surface area contributed by atoms with Gasteiger partial charge in [-0.15, -0.1) is 37.1 Å². The minimum absolute atomic E-state index is 0. The first-order valence-corrected chi connectivity index (χ1v) is 8.96. The molecule has 1 aromatic carbocycles. The molecule has 2 rings (SSSR count). The van der Waals surface area contributed by atoms with Gasteiger partial charge in [0, 0.05) is 6.54 Å². The molecule has 0 amide bonds. The van der Waals surface area contributed by atoms with Gasteiger partial charge in [0.25, 0.3) is 0 Å². The topological polar surface area (TPSA) is 62.9 Å². The van der Waals surface area contributed by atoms with Gasteiger partial charge in [0.15, 0.2) is 5.96 Å². The highest BCUT2D eigenvalue weighted by atomic mass is 127. The second-order valence-corrected chi connectivity index (χ2v) is 6.56. The Morgan fingerprint density at radius 2 is 1.89 bits per heavy atom. The van der Waals surface area contributed by atoms with E-state index in [1.54, 1.807) is 12.1 Å². The summed E-state index contributed by atoms with van der Waals surface area (Å²) in [6.07, 6.45) is -1.19. The number of ether oxygens (including phenoxy) is 1. The number of hydrogen-bond acceptors (Lipinski definition) is 3. The molecule has 154 valence electrons. The van der Waals surface area contributed by atoms with Crippen LogP contribution in [0.1, 0.15) is 31.7 Å². The van der Waals surface area contributed by atoms with Crippen LogP contribution >= 0.6 is 24.0 Å². The number of aliphatic imine (C=N–C) groups is 1. The third-order valence-electron chi connectivity index (χ3n) is 4.41. The molecule has 0 bridgehead atoms. The summed E-state index contributed by atoms with van der Waals surface area (Å²) in [5.41, 5.74) is 6.64. The highest BCUT2D eigenvalue weighted by Gasteiger charge is 2.30. The van der Waals surface area contributed by atoms with E-state index in [0.717, 1.165) is 44.6 Å². The number of benzene rings is 1. The number of rotatable bonds is 7. The van der Waals surface area contributed by atoms with E-state index >= 15 is 0 Å². The van der Waals surface area contributed by atoms with Crippen molar-refractivity contribution in [1.29, 1.82) is 0 Å². The van der Waals surface area contributed by atoms with Crippen LogP contribution in [0.5, 0.6) is 5.75 Å². The van der Waals surface area contributed by atoms with E-state index in [-0.39, 0.29) is 29.7 Å². The lowest BCUT2D eigenvalue weighted by Gasteiger charge is -2.31. The van der Waals surface area contributed by atoms with Crippen molar-refractivity contribution in [2.24, 2.45) is 16.6 Å². The van der Waals surface area contributed by atoms with Gasteiger partial charge in [0.05, 0.1) is 6.54 Å². The highest BCUT2D eigenvalue weighted by molar-refractivity contribution is 14.0. The third-order valence-corrected chi connectivity index (χ3v) is 4.41. The summed E-state index contributed by atoms with van der Waals surface area (Å²) in [6.45, 7) is 6.72. The Labute approximate surface area is 175 Å². The Balaban J connectivity index is 0.00000364. The molecule has 0 atom stereocenters. The quantitative estimate of drug-likeness (QED) is 0.341. The molecule has 0 radical (unpaired) electrons. The predicted octanol–water partition coefficient (Wildman–Crippen LogP) is 3.73. The van der Waals surface area contributed by atoms with Gasteiger partial charge in [-0.3, -0.25) is 0 Å². The Morgan fingerprint density at radius 3 is 2.44 bits per heavy atom. The lowest BCUT2D eigenvalue weighted by Crippen LogP contribution is -2.41. The van der Waals surface area contributed by atoms with E-state index in [4.69, 9.17) is 5.73 Å². The van der Waals surface area contributed by atoms with E-state index < -0.39 is 6.36 Å². The lowest BCUT2D eigenvalue weighted by atomic mass is 9.97. The van der Waals surface area contributed by atoms with Gasteiger partial charge in [-0.25, -0.2) is 4.99 Å². The zero-order valence-corrected chi connectivity index (χ0v) is 17.8. The zero-order valence-electron chi connectivity index (χ0n) is 15.5. The average molecular weight is 500 g/mol. The van der Waals surface area contributed by atoms with Gasteiger partial charge in [-0.05, 0) is 62.5 Å². The molecule has 3 N–H and O–H groups in total. The van der Waals surface area contributed by atoms with Crippen molar-refractivity contribution in [2.75, 3.05) is 26.2 Å². The zero-order chi connectivity index (χ0) is 19.0. The lowest BCUT2D eigenvalue weighted by molar-refractivity contribution is -0.274. The van der Waals surface area contributed by atoms with Crippen LogP contribution in [0.2, 0.25) is 0 Å². The predicted molar refractivity (Wildman–Crippen MR) is 111 cm³/mol. The Hall–Kier alpha value is -1.23. The van der Waals surface area contributed by atoms with Crippen LogP contribution in [-0.4, -0.2) is 43.4 Å². The number of hydrogen-bond donors (Lipinski definition) is 2. The van der Waals surface area contributed by atoms with Crippen molar-refractivity contribution in [2.45, 2.75) is 39.1 Å². The number of nitrogens with zero attached hydrogens (tertiary/aromatic N) is 2. The van der Waals surface area contributed by atoms with Crippen LogP contribution < -0.4 is 15.8 Å². The molecule has 1 aliphatic rings. The molecule has 1 aliphatic heterocycles. The first-order chi connectivity index (χ1) is 12.4. The molecule has 27 heavy (non-hydrogen) atoms. The number of nitrogens with one attached hydrogen (secondary N) is 1. The van der Waals surface area contributed by atoms with Crippen molar-refractivity contribution >= 4 is 29.9 Å². The van der Waals surface area contributed by atoms with Crippen LogP contribution in [0, 0.1) is 5.92 Å². The van der Waals surface area contributed by atoms with E-state index in [0.29, 0.717) is 18.4 Å². The van der Waals surface area contributed by atoms with E-state index in [9.17, 15) is 13.2 Å². The molecule has 0 spiro atoms. The largest absolute Gasteiger partial charge is 0.573 e. The SMILES string of the molecule is CCCN1CCC(CNC(N)=NCc2ccc(OC(F)(F)F)cc2)CC1.I. The molecule has 0 unspecified atom stereocenters. The van der Waals surface area contributed by atoms with Gasteiger partial charge in [-0.2, -0.15) is 0 Å². The second-order valence-electron chi connectivity index (χ2n) is 6.56. The molecule has 0 aliphatic carbocycles. The summed E-state index contributed by atoms with van der Waals surface area (Å²) in [7, 11) is 0. The summed E-state index contributed by atoms with van der Waals surface area (Å²) in [4.78, 5) is 6.72. The molecular weight excluding hydrogens is 472 g/mol. The summed E-state index contributed by atoms with van der Waals surface area (Å²) in [5.74, 6) is 0.706. The highest BCUT2D eigenvalue weighted by Crippen LogP contribution is 2.22. The molecule has 1 aromatic rings. The molecule has 5 nitrogen and oxygen atoms in total. The van der Waals surface area contributed by atoms with Crippen LogP contribution in [-0.2, 0) is 6.54 Å². The maximum absolute atomic E-state index is 12.1. The van der Waals surface area contributed by atoms with Gasteiger partial charge in [-0.1, -0.05) is 19.1 Å². The number of halogens is 4. The maximum atomic E-state index is 12.1. The fourth-order valence-electron chi connectivity index (χ4n) is 3.01. The van der Waals surface area contributed by atoms with Gasteiger partial charge in [0.1, 0.15) is 5.75 Å². The van der Waals surface area contributed by atoms with Crippen LogP contribution in [0.15, 0.2) is 29.3 Å². The van der Waals surface area contributed by atoms with Crippen molar-refractivity contribution in [1.82, 2.24) is 10.2 Å². The first-order valence-electron chi connectivity index (χ1n) is 8.96. The van der Waals surface area contributed by atoms with Crippen LogP contribution in [0.3, 0.4) is 0 Å². The van der Waals surface area contributed by atoms with E-state index in [1.165, 1.54) is 18.6 Å². The average Bonchev–Trinajstić information content (AvgIpc) is 2.59. The summed E-state index contributed by atoms with van der Waals surface area (Å²) in [5, 5.41) is 3.15. The number of nitrogens with two attached hydrogens (primary N) is 1. The molecule has 1 saturated heterocycles. The Kier molecular flexibility index (Phi) is 10.2. The minimum Gasteiger partial charge on any atom is -0.406 e. The fourth-order valence-corrected chi connectivity index (χ4v) is 3.01. The number of likely N-dealkylation sites (tertiary alicyclic amines) is 1. The van der Waals surface area contributed by atoms with Gasteiger partial charge in [0.2, 0.25) is 0 Å². The van der Waals surface area contributed by atoms with Crippen molar-refractivity contribution in [3.8, 4) is 5.75 Å². The van der Waals surface area contributed by atoms with E-state index in [2.05, 4.69) is 26.9 Å². The third kappa shape index (κ3) is 9.50. The smallest absolute Gasteiger partial charge is 0.406 e. The van der Waals surface area contributed by atoms with Crippen molar-refractivity contribution < 1.29 is 17.9 Å². The molecule has 0 saturated carbocycles. The Morgan fingerprint density at radius 1 is 1.26 bits per heavy atom. The maximum Gasteiger partial charge on any atom is 0.573 e. The standard InChI is InChI=1S/C18H27F3N4O.HI/c1-2-9-25-10-7-15(8-11-25)13-24-17(22)23-12-14-3-5-16(6-4-14)26-18(19,20)21;/h3-6,15H,2,7-13H2,1H3,(H3,22,23,24);1H. The number of alkyl halides is 3. The molecule has 9 heteroatoms. The fraction of sp³-hybridized carbons (Fsp3) is 0.611. The number of guanidine groups is 1. The van der Waals surface area contributed by atoms with Gasteiger partial charge >= 0.3 is 6.36 Å². The summed E-state index contributed by atoms with van der Waals surface area (Å²) < 4.78 is 40.2. The van der Waals surface area contributed by atoms with Crippen LogP contribution in [0.4, 0.5) is 13.2 Å². The first kappa shape index (κ1) is 23.8.